The Morgan fingerprint density at radius 1 is 0.926 bits per heavy atom. The molecule has 8 nitrogen and oxygen atoms in total. The second kappa shape index (κ2) is 8.45. The minimum absolute atomic E-state index is 0.0893. The molecular weight excluding hydrogens is 368 g/mol. The summed E-state index contributed by atoms with van der Waals surface area (Å²) in [7, 11) is -3.35. The number of sulfonamides is 1. The lowest BCUT2D eigenvalue weighted by molar-refractivity contribution is -0.138. The maximum Gasteiger partial charge on any atom is 0.241 e. The summed E-state index contributed by atoms with van der Waals surface area (Å²) < 4.78 is 25.1. The van der Waals surface area contributed by atoms with Gasteiger partial charge in [0.25, 0.3) is 0 Å². The molecule has 3 saturated heterocycles. The minimum atomic E-state index is -3.35. The van der Waals surface area contributed by atoms with E-state index in [0.717, 1.165) is 25.8 Å². The molecule has 0 radical (unpaired) electrons. The number of hydrogen-bond acceptors (Lipinski definition) is 5. The summed E-state index contributed by atoms with van der Waals surface area (Å²) in [4.78, 5) is 31.2. The van der Waals surface area contributed by atoms with Crippen LogP contribution in [0.3, 0.4) is 0 Å². The number of carbonyl (C=O) groups excluding carboxylic acids is 2. The number of amides is 2. The molecule has 0 bridgehead atoms. The third-order valence-electron chi connectivity index (χ3n) is 6.08. The van der Waals surface area contributed by atoms with Gasteiger partial charge in [-0.15, -0.1) is 0 Å². The molecule has 0 spiro atoms. The molecule has 27 heavy (non-hydrogen) atoms. The fraction of sp³-hybridized carbons (Fsp3) is 0.889. The average Bonchev–Trinajstić information content (AvgIpc) is 3.12. The molecular formula is C18H32N4O4S. The second-order valence-electron chi connectivity index (χ2n) is 8.07. The van der Waals surface area contributed by atoms with Gasteiger partial charge in [-0.3, -0.25) is 14.5 Å². The summed E-state index contributed by atoms with van der Waals surface area (Å²) in [5.74, 6) is 0.0922. The van der Waals surface area contributed by atoms with E-state index in [2.05, 4.69) is 11.8 Å². The van der Waals surface area contributed by atoms with E-state index in [4.69, 9.17) is 0 Å². The molecule has 3 aliphatic heterocycles. The molecule has 3 fully saturated rings. The predicted octanol–water partition coefficient (Wildman–Crippen LogP) is -0.0444. The number of nitrogens with zero attached hydrogens (tertiary/aromatic N) is 4. The van der Waals surface area contributed by atoms with Crippen molar-refractivity contribution in [3.05, 3.63) is 0 Å². The van der Waals surface area contributed by atoms with Crippen molar-refractivity contribution < 1.29 is 18.0 Å². The van der Waals surface area contributed by atoms with Crippen LogP contribution in [0.5, 0.6) is 0 Å². The minimum Gasteiger partial charge on any atom is -0.339 e. The number of piperidine rings is 1. The molecule has 0 aliphatic carbocycles. The zero-order chi connectivity index (χ0) is 19.6. The Morgan fingerprint density at radius 2 is 1.63 bits per heavy atom. The third-order valence-corrected chi connectivity index (χ3v) is 7.37. The van der Waals surface area contributed by atoms with Gasteiger partial charge in [0.15, 0.2) is 0 Å². The molecule has 0 saturated carbocycles. The molecule has 9 heteroatoms. The van der Waals surface area contributed by atoms with Crippen molar-refractivity contribution in [2.75, 3.05) is 52.1 Å². The largest absolute Gasteiger partial charge is 0.339 e. The Balaban J connectivity index is 1.50. The van der Waals surface area contributed by atoms with Crippen LogP contribution in [0.15, 0.2) is 0 Å². The number of piperazine rings is 1. The normalized spacial score (nSPS) is 28.5. The summed E-state index contributed by atoms with van der Waals surface area (Å²) in [6.07, 6.45) is 5.84. The highest BCUT2D eigenvalue weighted by molar-refractivity contribution is 7.88. The first kappa shape index (κ1) is 20.5. The molecule has 0 aromatic rings. The Kier molecular flexibility index (Phi) is 6.43. The Morgan fingerprint density at radius 3 is 2.26 bits per heavy atom. The van der Waals surface area contributed by atoms with Crippen LogP contribution in [0.4, 0.5) is 0 Å². The lowest BCUT2D eigenvalue weighted by Gasteiger charge is -2.39. The van der Waals surface area contributed by atoms with Gasteiger partial charge < -0.3 is 9.80 Å². The topological polar surface area (TPSA) is 81.2 Å². The lowest BCUT2D eigenvalue weighted by Crippen LogP contribution is -2.56. The zero-order valence-corrected chi connectivity index (χ0v) is 17.3. The van der Waals surface area contributed by atoms with Crippen molar-refractivity contribution in [3.8, 4) is 0 Å². The van der Waals surface area contributed by atoms with Gasteiger partial charge in [-0.25, -0.2) is 8.42 Å². The van der Waals surface area contributed by atoms with Crippen LogP contribution in [0.2, 0.25) is 0 Å². The van der Waals surface area contributed by atoms with Crippen molar-refractivity contribution in [1.29, 1.82) is 0 Å². The van der Waals surface area contributed by atoms with E-state index >= 15 is 0 Å². The number of rotatable bonds is 4. The summed E-state index contributed by atoms with van der Waals surface area (Å²) >= 11 is 0. The van der Waals surface area contributed by atoms with Crippen molar-refractivity contribution in [3.63, 3.8) is 0 Å². The maximum atomic E-state index is 12.8. The quantitative estimate of drug-likeness (QED) is 0.661. The highest BCUT2D eigenvalue weighted by Crippen LogP contribution is 2.23. The molecule has 0 N–H and O–H groups in total. The van der Waals surface area contributed by atoms with E-state index in [-0.39, 0.29) is 11.8 Å². The van der Waals surface area contributed by atoms with E-state index in [1.165, 1.54) is 17.0 Å². The molecule has 2 amide bonds. The summed E-state index contributed by atoms with van der Waals surface area (Å²) in [5.41, 5.74) is 0. The van der Waals surface area contributed by atoms with E-state index < -0.39 is 16.1 Å². The van der Waals surface area contributed by atoms with Gasteiger partial charge >= 0.3 is 0 Å². The Bertz CT molecular complexity index is 660. The van der Waals surface area contributed by atoms with Crippen LogP contribution in [0.25, 0.3) is 0 Å². The van der Waals surface area contributed by atoms with E-state index in [1.54, 1.807) is 4.90 Å². The summed E-state index contributed by atoms with van der Waals surface area (Å²) in [6.45, 7) is 6.22. The van der Waals surface area contributed by atoms with Crippen LogP contribution in [0.1, 0.15) is 39.0 Å². The van der Waals surface area contributed by atoms with Gasteiger partial charge in [-0.1, -0.05) is 0 Å². The fourth-order valence-corrected chi connectivity index (χ4v) is 5.59. The Labute approximate surface area is 162 Å². The van der Waals surface area contributed by atoms with E-state index in [1.807, 2.05) is 4.90 Å². The average molecular weight is 401 g/mol. The van der Waals surface area contributed by atoms with Gasteiger partial charge in [0.2, 0.25) is 21.8 Å². The van der Waals surface area contributed by atoms with Crippen molar-refractivity contribution in [1.82, 2.24) is 19.0 Å². The van der Waals surface area contributed by atoms with Gasteiger partial charge in [0.1, 0.15) is 6.04 Å². The van der Waals surface area contributed by atoms with E-state index in [9.17, 15) is 18.0 Å². The SMILES string of the molecule is CC1CCCCN1C(=O)CN1CCN(C(=O)C2CCCN2S(C)(=O)=O)CC1. The van der Waals surface area contributed by atoms with E-state index in [0.29, 0.717) is 51.7 Å². The fourth-order valence-electron chi connectivity index (χ4n) is 4.47. The maximum absolute atomic E-state index is 12.8. The molecule has 2 unspecified atom stereocenters. The molecule has 3 heterocycles. The van der Waals surface area contributed by atoms with Crippen molar-refractivity contribution in [2.24, 2.45) is 0 Å². The van der Waals surface area contributed by atoms with Gasteiger partial charge in [0, 0.05) is 45.3 Å². The summed E-state index contributed by atoms with van der Waals surface area (Å²) in [5, 5.41) is 0. The molecule has 0 aromatic carbocycles. The number of carbonyl (C=O) groups is 2. The molecule has 3 aliphatic rings. The second-order valence-corrected chi connectivity index (χ2v) is 10.0. The van der Waals surface area contributed by atoms with Crippen LogP contribution < -0.4 is 0 Å². The standard InChI is InChI=1S/C18H32N4O4S/c1-15-6-3-4-8-21(15)17(23)14-19-10-12-20(13-11-19)18(24)16-7-5-9-22(16)27(2,25)26/h15-16H,3-14H2,1-2H3. The van der Waals surface area contributed by atoms with Crippen LogP contribution >= 0.6 is 0 Å². The van der Waals surface area contributed by atoms with Crippen molar-refractivity contribution >= 4 is 21.8 Å². The predicted molar refractivity (Wildman–Crippen MR) is 103 cm³/mol. The first-order chi connectivity index (χ1) is 12.8. The zero-order valence-electron chi connectivity index (χ0n) is 16.5. The number of likely N-dealkylation sites (tertiary alicyclic amines) is 1. The van der Waals surface area contributed by atoms with Gasteiger partial charge in [-0.2, -0.15) is 4.31 Å². The lowest BCUT2D eigenvalue weighted by atomic mass is 10.0. The monoisotopic (exact) mass is 400 g/mol. The first-order valence-electron chi connectivity index (χ1n) is 10.0. The Hall–Kier alpha value is -1.19. The van der Waals surface area contributed by atoms with Gasteiger partial charge in [0.05, 0.1) is 12.8 Å². The molecule has 0 aromatic heterocycles. The molecule has 2 atom stereocenters. The molecule has 3 rings (SSSR count). The van der Waals surface area contributed by atoms with Gasteiger partial charge in [-0.05, 0) is 39.0 Å². The van der Waals surface area contributed by atoms with Crippen LogP contribution in [-0.2, 0) is 19.6 Å². The summed E-state index contributed by atoms with van der Waals surface area (Å²) in [6, 6.07) is -0.235. The highest BCUT2D eigenvalue weighted by atomic mass is 32.2. The third kappa shape index (κ3) is 4.81. The smallest absolute Gasteiger partial charge is 0.241 e. The van der Waals surface area contributed by atoms with Crippen molar-refractivity contribution in [2.45, 2.75) is 51.1 Å². The highest BCUT2D eigenvalue weighted by Gasteiger charge is 2.39. The van der Waals surface area contributed by atoms with Crippen LogP contribution in [-0.4, -0.2) is 103 Å². The number of hydrogen-bond donors (Lipinski definition) is 0. The van der Waals surface area contributed by atoms with Crippen LogP contribution in [0, 0.1) is 0 Å². The molecule has 154 valence electrons. The first-order valence-corrected chi connectivity index (χ1v) is 11.9.